The van der Waals surface area contributed by atoms with Crippen molar-refractivity contribution in [2.45, 2.75) is 19.3 Å². The molecular formula is C53H34N4O2. The fourth-order valence-electron chi connectivity index (χ4n) is 9.79. The SMILES string of the molecule is CC1(C)c2ccccc2-c2ccc(-c3nc(-n4c5ccccc5c5cc(-c6cc7c8c(c6)Oc6ccccc6N8c6ccccc6O7)ccc54)nc4ccccc34)cc21. The number of anilines is 3. The molecule has 1 aliphatic carbocycles. The Morgan fingerprint density at radius 2 is 1.08 bits per heavy atom. The Bertz CT molecular complexity index is 3380. The van der Waals surface area contributed by atoms with Crippen LogP contribution in [0.3, 0.4) is 0 Å². The van der Waals surface area contributed by atoms with Crippen LogP contribution in [0.15, 0.2) is 170 Å². The van der Waals surface area contributed by atoms with Gasteiger partial charge in [-0.2, -0.15) is 0 Å². The summed E-state index contributed by atoms with van der Waals surface area (Å²) in [5.41, 5.74) is 15.1. The summed E-state index contributed by atoms with van der Waals surface area (Å²) in [5.74, 6) is 3.76. The molecule has 3 aliphatic rings. The maximum absolute atomic E-state index is 6.61. The summed E-state index contributed by atoms with van der Waals surface area (Å²) in [6, 6.07) is 59.8. The first-order valence-electron chi connectivity index (χ1n) is 20.1. The predicted molar refractivity (Wildman–Crippen MR) is 237 cm³/mol. The summed E-state index contributed by atoms with van der Waals surface area (Å²) in [4.78, 5) is 13.0. The van der Waals surface area contributed by atoms with Crippen LogP contribution in [-0.4, -0.2) is 14.5 Å². The Labute approximate surface area is 340 Å². The molecule has 13 rings (SSSR count). The highest BCUT2D eigenvalue weighted by Gasteiger charge is 2.37. The largest absolute Gasteiger partial charge is 0.453 e. The molecule has 0 unspecified atom stereocenters. The summed E-state index contributed by atoms with van der Waals surface area (Å²) >= 11 is 0. The Kier molecular flexibility index (Phi) is 6.41. The lowest BCUT2D eigenvalue weighted by molar-refractivity contribution is 0.446. The van der Waals surface area contributed by atoms with Gasteiger partial charge in [0.15, 0.2) is 23.0 Å². The normalized spacial score (nSPS) is 14.0. The molecule has 2 aromatic heterocycles. The van der Waals surface area contributed by atoms with Gasteiger partial charge in [-0.05, 0) is 100 Å². The maximum Gasteiger partial charge on any atom is 0.235 e. The van der Waals surface area contributed by atoms with Crippen LogP contribution < -0.4 is 14.4 Å². The average molecular weight is 759 g/mol. The highest BCUT2D eigenvalue weighted by atomic mass is 16.5. The van der Waals surface area contributed by atoms with Crippen molar-refractivity contribution in [1.82, 2.24) is 14.5 Å². The summed E-state index contributed by atoms with van der Waals surface area (Å²) in [7, 11) is 0. The Hall–Kier alpha value is -7.70. The molecule has 0 radical (unpaired) electrons. The number of ether oxygens (including phenoxy) is 2. The first kappa shape index (κ1) is 32.4. The summed E-state index contributed by atoms with van der Waals surface area (Å²) in [5, 5.41) is 3.26. The van der Waals surface area contributed by atoms with E-state index in [1.54, 1.807) is 0 Å². The van der Waals surface area contributed by atoms with Crippen molar-refractivity contribution in [2.24, 2.45) is 0 Å². The van der Waals surface area contributed by atoms with Crippen molar-refractivity contribution >= 4 is 49.8 Å². The lowest BCUT2D eigenvalue weighted by atomic mass is 9.82. The topological polar surface area (TPSA) is 52.4 Å². The fourth-order valence-corrected chi connectivity index (χ4v) is 9.79. The lowest BCUT2D eigenvalue weighted by Gasteiger charge is -2.38. The van der Waals surface area contributed by atoms with Crippen LogP contribution in [0.2, 0.25) is 0 Å². The average Bonchev–Trinajstić information content (AvgIpc) is 3.73. The molecule has 59 heavy (non-hydrogen) atoms. The zero-order valence-corrected chi connectivity index (χ0v) is 32.3. The van der Waals surface area contributed by atoms with Crippen molar-refractivity contribution < 1.29 is 9.47 Å². The van der Waals surface area contributed by atoms with Gasteiger partial charge in [0.05, 0.1) is 33.6 Å². The number of aromatic nitrogens is 3. The van der Waals surface area contributed by atoms with Gasteiger partial charge in [-0.25, -0.2) is 9.97 Å². The van der Waals surface area contributed by atoms with Crippen molar-refractivity contribution in [2.75, 3.05) is 4.90 Å². The number of nitrogens with zero attached hydrogens (tertiary/aromatic N) is 4. The molecule has 6 nitrogen and oxygen atoms in total. The van der Waals surface area contributed by atoms with Gasteiger partial charge in [-0.3, -0.25) is 9.47 Å². The molecule has 0 atom stereocenters. The molecular weight excluding hydrogens is 725 g/mol. The van der Waals surface area contributed by atoms with Gasteiger partial charge in [0.25, 0.3) is 0 Å². The minimum absolute atomic E-state index is 0.124. The number of fused-ring (bicyclic) bond motifs is 11. The highest BCUT2D eigenvalue weighted by molar-refractivity contribution is 6.11. The maximum atomic E-state index is 6.61. The van der Waals surface area contributed by atoms with E-state index in [9.17, 15) is 0 Å². The molecule has 0 spiro atoms. The van der Waals surface area contributed by atoms with E-state index in [1.807, 2.05) is 36.4 Å². The zero-order chi connectivity index (χ0) is 39.0. The van der Waals surface area contributed by atoms with Crippen LogP contribution in [-0.2, 0) is 5.41 Å². The molecule has 2 aliphatic heterocycles. The number of benzene rings is 8. The smallest absolute Gasteiger partial charge is 0.235 e. The van der Waals surface area contributed by atoms with Crippen LogP contribution in [0.4, 0.5) is 17.1 Å². The van der Waals surface area contributed by atoms with Crippen LogP contribution in [0.25, 0.3) is 72.2 Å². The molecule has 6 heteroatoms. The van der Waals surface area contributed by atoms with Gasteiger partial charge in [0, 0.05) is 27.1 Å². The first-order valence-corrected chi connectivity index (χ1v) is 20.1. The molecule has 0 amide bonds. The molecule has 0 N–H and O–H groups in total. The summed E-state index contributed by atoms with van der Waals surface area (Å²) in [6.45, 7) is 4.65. The third kappa shape index (κ3) is 4.51. The van der Waals surface area contributed by atoms with Crippen molar-refractivity contribution in [3.05, 3.63) is 181 Å². The van der Waals surface area contributed by atoms with Crippen molar-refractivity contribution in [1.29, 1.82) is 0 Å². The Balaban J connectivity index is 0.978. The van der Waals surface area contributed by atoms with E-state index in [-0.39, 0.29) is 5.41 Å². The fraction of sp³-hybridized carbons (Fsp3) is 0.0566. The van der Waals surface area contributed by atoms with Gasteiger partial charge in [0.2, 0.25) is 5.95 Å². The van der Waals surface area contributed by atoms with E-state index in [1.165, 1.54) is 22.3 Å². The van der Waals surface area contributed by atoms with Crippen molar-refractivity contribution in [3.63, 3.8) is 0 Å². The summed E-state index contributed by atoms with van der Waals surface area (Å²) in [6.07, 6.45) is 0. The number of para-hydroxylation sites is 6. The third-order valence-electron chi connectivity index (χ3n) is 12.6. The van der Waals surface area contributed by atoms with E-state index in [4.69, 9.17) is 19.4 Å². The van der Waals surface area contributed by atoms with Gasteiger partial charge in [-0.15, -0.1) is 0 Å². The molecule has 4 heterocycles. The molecule has 278 valence electrons. The molecule has 0 bridgehead atoms. The second kappa shape index (κ2) is 11.7. The van der Waals surface area contributed by atoms with Crippen LogP contribution >= 0.6 is 0 Å². The zero-order valence-electron chi connectivity index (χ0n) is 32.3. The van der Waals surface area contributed by atoms with Gasteiger partial charge >= 0.3 is 0 Å². The minimum Gasteiger partial charge on any atom is -0.453 e. The van der Waals surface area contributed by atoms with Crippen LogP contribution in [0, 0.1) is 0 Å². The third-order valence-corrected chi connectivity index (χ3v) is 12.6. The van der Waals surface area contributed by atoms with Gasteiger partial charge in [-0.1, -0.05) is 117 Å². The monoisotopic (exact) mass is 758 g/mol. The highest BCUT2D eigenvalue weighted by Crippen LogP contribution is 2.60. The quantitative estimate of drug-likeness (QED) is 0.180. The van der Waals surface area contributed by atoms with Crippen LogP contribution in [0.1, 0.15) is 25.0 Å². The molecule has 0 saturated carbocycles. The molecule has 10 aromatic rings. The lowest BCUT2D eigenvalue weighted by Crippen LogP contribution is -2.20. The second-order valence-electron chi connectivity index (χ2n) is 16.2. The van der Waals surface area contributed by atoms with E-state index >= 15 is 0 Å². The minimum atomic E-state index is -0.124. The van der Waals surface area contributed by atoms with Gasteiger partial charge in [0.1, 0.15) is 5.69 Å². The van der Waals surface area contributed by atoms with E-state index in [0.29, 0.717) is 5.95 Å². The predicted octanol–water partition coefficient (Wildman–Crippen LogP) is 14.0. The van der Waals surface area contributed by atoms with Crippen molar-refractivity contribution in [3.8, 4) is 62.5 Å². The number of hydrogen-bond acceptors (Lipinski definition) is 5. The number of hydrogen-bond donors (Lipinski definition) is 0. The second-order valence-corrected chi connectivity index (χ2v) is 16.2. The Morgan fingerprint density at radius 1 is 0.458 bits per heavy atom. The molecule has 0 fully saturated rings. The Morgan fingerprint density at radius 3 is 1.88 bits per heavy atom. The van der Waals surface area contributed by atoms with E-state index < -0.39 is 0 Å². The van der Waals surface area contributed by atoms with E-state index in [0.717, 1.165) is 95.2 Å². The standard InChI is InChI=1S/C53H34N4O2/c1-53(2)39-16-6-3-13-34(39)35-25-23-32(28-40(35)53)50-37-15-4-7-17-41(37)54-52(55-50)57-42-18-8-5-14-36(42)38-27-31(24-26-43(38)57)33-29-48-51-49(30-33)59-47-22-12-10-20-45(47)56(51)44-19-9-11-21-46(44)58-48/h3-30H,1-2H3. The number of rotatable bonds is 3. The van der Waals surface area contributed by atoms with E-state index in [2.05, 4.69) is 157 Å². The van der Waals surface area contributed by atoms with Crippen LogP contribution in [0.5, 0.6) is 23.0 Å². The summed E-state index contributed by atoms with van der Waals surface area (Å²) < 4.78 is 15.4. The molecule has 8 aromatic carbocycles. The first-order chi connectivity index (χ1) is 29.0. The van der Waals surface area contributed by atoms with Gasteiger partial charge < -0.3 is 9.47 Å². The molecule has 0 saturated heterocycles.